The molecule has 90 valence electrons. The van der Waals surface area contributed by atoms with Gasteiger partial charge in [0.05, 0.1) is 5.01 Å². The Morgan fingerprint density at radius 2 is 2.25 bits per heavy atom. The van der Waals surface area contributed by atoms with Crippen LogP contribution in [0.3, 0.4) is 0 Å². The molecule has 3 nitrogen and oxygen atoms in total. The first-order valence-corrected chi connectivity index (χ1v) is 6.93. The van der Waals surface area contributed by atoms with Gasteiger partial charge in [0.2, 0.25) is 0 Å². The zero-order valence-corrected chi connectivity index (χ0v) is 10.7. The van der Waals surface area contributed by atoms with E-state index in [1.54, 1.807) is 11.3 Å². The van der Waals surface area contributed by atoms with Crippen LogP contribution in [0.4, 0.5) is 0 Å². The summed E-state index contributed by atoms with van der Waals surface area (Å²) in [6, 6.07) is 0. The second-order valence-corrected chi connectivity index (χ2v) is 5.49. The molecule has 0 unspecified atom stereocenters. The molecule has 4 heteroatoms. The number of rotatable bonds is 4. The predicted octanol–water partition coefficient (Wildman–Crippen LogP) is 1.88. The van der Waals surface area contributed by atoms with E-state index in [4.69, 9.17) is 5.11 Å². The summed E-state index contributed by atoms with van der Waals surface area (Å²) in [5.41, 5.74) is 0. The number of thiazole rings is 1. The molecule has 0 spiro atoms. The van der Waals surface area contributed by atoms with Crippen LogP contribution in [0.1, 0.15) is 35.6 Å². The van der Waals surface area contributed by atoms with Crippen molar-refractivity contribution in [1.29, 1.82) is 0 Å². The summed E-state index contributed by atoms with van der Waals surface area (Å²) in [6.45, 7) is 6.03. The maximum Gasteiger partial charge on any atom is 0.0959 e. The highest BCUT2D eigenvalue weighted by molar-refractivity contribution is 7.11. The lowest BCUT2D eigenvalue weighted by molar-refractivity contribution is 0.222. The van der Waals surface area contributed by atoms with E-state index >= 15 is 0 Å². The number of piperidine rings is 1. The second kappa shape index (κ2) is 5.75. The van der Waals surface area contributed by atoms with Crippen molar-refractivity contribution in [2.45, 2.75) is 32.1 Å². The quantitative estimate of drug-likeness (QED) is 0.873. The van der Waals surface area contributed by atoms with E-state index in [0.717, 1.165) is 6.42 Å². The van der Waals surface area contributed by atoms with E-state index in [9.17, 15) is 0 Å². The molecule has 0 radical (unpaired) electrons. The fraction of sp³-hybridized carbons (Fsp3) is 0.750. The van der Waals surface area contributed by atoms with Gasteiger partial charge in [-0.3, -0.25) is 0 Å². The lowest BCUT2D eigenvalue weighted by atomic mass is 9.98. The molecule has 0 aliphatic carbocycles. The average molecular weight is 240 g/mol. The van der Waals surface area contributed by atoms with Gasteiger partial charge in [-0.1, -0.05) is 6.92 Å². The van der Waals surface area contributed by atoms with E-state index < -0.39 is 0 Å². The molecule has 1 saturated heterocycles. The van der Waals surface area contributed by atoms with Crippen LogP contribution in [0.15, 0.2) is 6.20 Å². The number of hydrogen-bond acceptors (Lipinski definition) is 4. The maximum atomic E-state index is 8.88. The monoisotopic (exact) mass is 240 g/mol. The minimum Gasteiger partial charge on any atom is -0.396 e. The average Bonchev–Trinajstić information content (AvgIpc) is 2.78. The number of aliphatic hydroxyl groups is 1. The first-order valence-electron chi connectivity index (χ1n) is 6.11. The van der Waals surface area contributed by atoms with Crippen LogP contribution < -0.4 is 0 Å². The third kappa shape index (κ3) is 2.81. The topological polar surface area (TPSA) is 36.4 Å². The summed E-state index contributed by atoms with van der Waals surface area (Å²) in [5.74, 6) is 0.653. The van der Waals surface area contributed by atoms with E-state index in [-0.39, 0.29) is 6.61 Å². The first kappa shape index (κ1) is 12.0. The Bertz CT molecular complexity index is 319. The van der Waals surface area contributed by atoms with Gasteiger partial charge in [-0.05, 0) is 32.5 Å². The van der Waals surface area contributed by atoms with E-state index in [0.29, 0.717) is 5.92 Å². The van der Waals surface area contributed by atoms with Crippen molar-refractivity contribution in [3.8, 4) is 0 Å². The molecule has 1 aromatic heterocycles. The van der Waals surface area contributed by atoms with Crippen molar-refractivity contribution in [2.75, 3.05) is 26.2 Å². The van der Waals surface area contributed by atoms with Gasteiger partial charge >= 0.3 is 0 Å². The Labute approximate surface area is 101 Å². The van der Waals surface area contributed by atoms with Gasteiger partial charge in [-0.25, -0.2) is 4.98 Å². The molecule has 2 heterocycles. The number of hydrogen-bond donors (Lipinski definition) is 1. The third-order valence-electron chi connectivity index (χ3n) is 3.31. The molecule has 0 saturated carbocycles. The van der Waals surface area contributed by atoms with E-state index in [2.05, 4.69) is 16.8 Å². The summed E-state index contributed by atoms with van der Waals surface area (Å²) >= 11 is 1.78. The van der Waals surface area contributed by atoms with Crippen LogP contribution >= 0.6 is 11.3 Å². The lowest BCUT2D eigenvalue weighted by Gasteiger charge is -2.29. The van der Waals surface area contributed by atoms with Crippen molar-refractivity contribution in [1.82, 2.24) is 9.88 Å². The Kier molecular flexibility index (Phi) is 4.32. The molecule has 0 bridgehead atoms. The number of aliphatic hydroxyl groups excluding tert-OH is 1. The molecule has 1 aromatic rings. The molecule has 1 aliphatic heterocycles. The highest BCUT2D eigenvalue weighted by atomic mass is 32.1. The standard InChI is InChI=1S/C12H20N2OS/c1-2-14-6-3-10(4-7-14)12-13-9-11(16-12)5-8-15/h9-10,15H,2-8H2,1H3. The molecule has 1 N–H and O–H groups in total. The van der Waals surface area contributed by atoms with Crippen LogP contribution in [-0.4, -0.2) is 41.2 Å². The maximum absolute atomic E-state index is 8.88. The Hall–Kier alpha value is -0.450. The highest BCUT2D eigenvalue weighted by Crippen LogP contribution is 2.30. The number of aromatic nitrogens is 1. The van der Waals surface area contributed by atoms with Gasteiger partial charge in [0, 0.05) is 30.0 Å². The summed E-state index contributed by atoms with van der Waals surface area (Å²) in [6.07, 6.45) is 5.16. The smallest absolute Gasteiger partial charge is 0.0959 e. The van der Waals surface area contributed by atoms with Gasteiger partial charge in [-0.2, -0.15) is 0 Å². The van der Waals surface area contributed by atoms with Gasteiger partial charge in [0.1, 0.15) is 0 Å². The van der Waals surface area contributed by atoms with Crippen LogP contribution in [0.5, 0.6) is 0 Å². The summed E-state index contributed by atoms with van der Waals surface area (Å²) < 4.78 is 0. The van der Waals surface area contributed by atoms with Crippen molar-refractivity contribution < 1.29 is 5.11 Å². The van der Waals surface area contributed by atoms with Crippen molar-refractivity contribution in [2.24, 2.45) is 0 Å². The molecular weight excluding hydrogens is 220 g/mol. The Balaban J connectivity index is 1.92. The molecule has 1 aliphatic rings. The predicted molar refractivity (Wildman–Crippen MR) is 67.0 cm³/mol. The van der Waals surface area contributed by atoms with Gasteiger partial charge < -0.3 is 10.0 Å². The minimum atomic E-state index is 0.232. The molecule has 1 fully saturated rings. The molecule has 2 rings (SSSR count). The first-order chi connectivity index (χ1) is 7.83. The van der Waals surface area contributed by atoms with Crippen molar-refractivity contribution in [3.05, 3.63) is 16.1 Å². The summed E-state index contributed by atoms with van der Waals surface area (Å²) in [5, 5.41) is 10.2. The summed E-state index contributed by atoms with van der Waals surface area (Å²) in [4.78, 5) is 8.21. The molecule has 16 heavy (non-hydrogen) atoms. The van der Waals surface area contributed by atoms with Crippen LogP contribution in [0, 0.1) is 0 Å². The van der Waals surface area contributed by atoms with Gasteiger partial charge in [-0.15, -0.1) is 11.3 Å². The van der Waals surface area contributed by atoms with Gasteiger partial charge in [0.25, 0.3) is 0 Å². The van der Waals surface area contributed by atoms with Gasteiger partial charge in [0.15, 0.2) is 0 Å². The third-order valence-corrected chi connectivity index (χ3v) is 4.53. The van der Waals surface area contributed by atoms with Crippen molar-refractivity contribution in [3.63, 3.8) is 0 Å². The van der Waals surface area contributed by atoms with E-state index in [1.165, 1.54) is 42.4 Å². The Morgan fingerprint density at radius 1 is 1.50 bits per heavy atom. The zero-order valence-electron chi connectivity index (χ0n) is 9.85. The number of nitrogens with zero attached hydrogens (tertiary/aromatic N) is 2. The number of likely N-dealkylation sites (tertiary alicyclic amines) is 1. The van der Waals surface area contributed by atoms with Crippen LogP contribution in [-0.2, 0) is 6.42 Å². The van der Waals surface area contributed by atoms with Crippen LogP contribution in [0.25, 0.3) is 0 Å². The SMILES string of the molecule is CCN1CCC(c2ncc(CCO)s2)CC1. The fourth-order valence-corrected chi connectivity index (χ4v) is 3.31. The minimum absolute atomic E-state index is 0.232. The molecule has 0 atom stereocenters. The Morgan fingerprint density at radius 3 is 2.88 bits per heavy atom. The van der Waals surface area contributed by atoms with E-state index in [1.807, 2.05) is 6.20 Å². The largest absolute Gasteiger partial charge is 0.396 e. The fourth-order valence-electron chi connectivity index (χ4n) is 2.23. The molecule has 0 aromatic carbocycles. The molecule has 0 amide bonds. The highest BCUT2D eigenvalue weighted by Gasteiger charge is 2.21. The normalized spacial score (nSPS) is 19.1. The molecular formula is C12H20N2OS. The lowest BCUT2D eigenvalue weighted by Crippen LogP contribution is -2.32. The summed E-state index contributed by atoms with van der Waals surface area (Å²) in [7, 11) is 0. The van der Waals surface area contributed by atoms with Crippen LogP contribution in [0.2, 0.25) is 0 Å². The zero-order chi connectivity index (χ0) is 11.4. The second-order valence-electron chi connectivity index (χ2n) is 4.35. The van der Waals surface area contributed by atoms with Crippen molar-refractivity contribution >= 4 is 11.3 Å².